The molecular weight excluding hydrogens is 304 g/mol. The van der Waals surface area contributed by atoms with Crippen molar-refractivity contribution in [1.82, 2.24) is 10.2 Å². The lowest BCUT2D eigenvalue weighted by Crippen LogP contribution is -2.37. The third-order valence-corrected chi connectivity index (χ3v) is 4.60. The summed E-state index contributed by atoms with van der Waals surface area (Å²) in [6.45, 7) is 3.32. The minimum absolute atomic E-state index is 0.0104. The summed E-state index contributed by atoms with van der Waals surface area (Å²) in [5.41, 5.74) is 0.315. The zero-order valence-corrected chi connectivity index (χ0v) is 13.7. The third kappa shape index (κ3) is 4.04. The Morgan fingerprint density at radius 2 is 1.83 bits per heavy atom. The molecule has 3 rings (SSSR count). The van der Waals surface area contributed by atoms with E-state index in [2.05, 4.69) is 10.2 Å². The molecule has 0 aromatic heterocycles. The molecule has 128 valence electrons. The van der Waals surface area contributed by atoms with Gasteiger partial charge >= 0.3 is 0 Å². The number of nitrogens with zero attached hydrogens (tertiary/aromatic N) is 1. The van der Waals surface area contributed by atoms with Crippen molar-refractivity contribution in [2.75, 3.05) is 26.2 Å². The molecule has 0 aliphatic carbocycles. The van der Waals surface area contributed by atoms with Crippen molar-refractivity contribution in [1.29, 1.82) is 0 Å². The molecule has 0 saturated carbocycles. The van der Waals surface area contributed by atoms with Crippen LogP contribution in [-0.2, 0) is 0 Å². The lowest BCUT2D eigenvalue weighted by molar-refractivity contribution is 0.0816. The molecule has 0 radical (unpaired) electrons. The van der Waals surface area contributed by atoms with Gasteiger partial charge in [0.15, 0.2) is 0 Å². The first-order valence-electron chi connectivity index (χ1n) is 8.54. The van der Waals surface area contributed by atoms with Crippen LogP contribution in [0.2, 0.25) is 0 Å². The van der Waals surface area contributed by atoms with Crippen LogP contribution in [0.25, 0.3) is 10.8 Å². The Hall–Kier alpha value is -2.11. The van der Waals surface area contributed by atoms with Crippen molar-refractivity contribution in [3.63, 3.8) is 0 Å². The molecule has 0 spiro atoms. The number of carbonyl (C=O) groups is 1. The quantitative estimate of drug-likeness (QED) is 0.735. The fourth-order valence-corrected chi connectivity index (χ4v) is 3.15. The maximum Gasteiger partial charge on any atom is 0.255 e. The molecule has 5 heteroatoms. The highest BCUT2D eigenvalue weighted by Gasteiger charge is 2.16. The first kappa shape index (κ1) is 16.7. The lowest BCUT2D eigenvalue weighted by Gasteiger charge is -2.29. The number of hydrogen-bond acceptors (Lipinski definition) is 4. The first-order chi connectivity index (χ1) is 11.6. The average molecular weight is 328 g/mol. The molecular formula is C19H24N2O3. The molecule has 1 saturated heterocycles. The van der Waals surface area contributed by atoms with E-state index in [1.807, 2.05) is 24.3 Å². The summed E-state index contributed by atoms with van der Waals surface area (Å²) in [6, 6.07) is 11.0. The van der Waals surface area contributed by atoms with Gasteiger partial charge in [-0.25, -0.2) is 0 Å². The predicted molar refractivity (Wildman–Crippen MR) is 94.2 cm³/mol. The summed E-state index contributed by atoms with van der Waals surface area (Å²) in [7, 11) is 0. The molecule has 1 heterocycles. The van der Waals surface area contributed by atoms with Crippen LogP contribution < -0.4 is 5.32 Å². The summed E-state index contributed by atoms with van der Waals surface area (Å²) < 4.78 is 0. The number of piperidine rings is 1. The average Bonchev–Trinajstić information content (AvgIpc) is 2.59. The number of amides is 1. The maximum atomic E-state index is 12.3. The smallest absolute Gasteiger partial charge is 0.255 e. The summed E-state index contributed by atoms with van der Waals surface area (Å²) in [5.74, 6) is -0.233. The molecule has 24 heavy (non-hydrogen) atoms. The van der Waals surface area contributed by atoms with Gasteiger partial charge in [0.25, 0.3) is 5.91 Å². The molecule has 5 nitrogen and oxygen atoms in total. The normalized spacial score (nSPS) is 16.4. The van der Waals surface area contributed by atoms with Gasteiger partial charge in [-0.3, -0.25) is 4.79 Å². The molecule has 3 N–H and O–H groups in total. The standard InChI is InChI=1S/C19H24N2O3/c22-16-6-10-21(11-7-16)9-3-8-20-19(24)17-12-14-4-1-2-5-15(14)13-18(17)23/h1-2,4-5,12-13,16,22-23H,3,6-11H2,(H,20,24). The van der Waals surface area contributed by atoms with Gasteiger partial charge in [0, 0.05) is 19.6 Å². The largest absolute Gasteiger partial charge is 0.507 e. The number of hydrogen-bond donors (Lipinski definition) is 3. The van der Waals surface area contributed by atoms with Crippen LogP contribution in [0.15, 0.2) is 36.4 Å². The van der Waals surface area contributed by atoms with Crippen LogP contribution >= 0.6 is 0 Å². The Bertz CT molecular complexity index is 709. The Morgan fingerprint density at radius 3 is 2.54 bits per heavy atom. The number of likely N-dealkylation sites (tertiary alicyclic amines) is 1. The van der Waals surface area contributed by atoms with Crippen molar-refractivity contribution in [2.45, 2.75) is 25.4 Å². The van der Waals surface area contributed by atoms with Gasteiger partial charge in [-0.1, -0.05) is 24.3 Å². The number of phenolic OH excluding ortho intramolecular Hbond substituents is 1. The zero-order valence-electron chi connectivity index (χ0n) is 13.7. The number of phenols is 1. The Kier molecular flexibility index (Phi) is 5.33. The number of aliphatic hydroxyl groups excluding tert-OH is 1. The number of rotatable bonds is 5. The van der Waals surface area contributed by atoms with Crippen molar-refractivity contribution < 1.29 is 15.0 Å². The number of fused-ring (bicyclic) bond motifs is 1. The first-order valence-corrected chi connectivity index (χ1v) is 8.54. The van der Waals surface area contributed by atoms with Gasteiger partial charge in [-0.15, -0.1) is 0 Å². The zero-order chi connectivity index (χ0) is 16.9. The SMILES string of the molecule is O=C(NCCCN1CCC(O)CC1)c1cc2ccccc2cc1O. The molecule has 0 atom stereocenters. The number of nitrogens with one attached hydrogen (secondary N) is 1. The highest BCUT2D eigenvalue weighted by atomic mass is 16.3. The predicted octanol–water partition coefficient (Wildman–Crippen LogP) is 2.12. The van der Waals surface area contributed by atoms with E-state index in [-0.39, 0.29) is 17.8 Å². The van der Waals surface area contributed by atoms with E-state index in [9.17, 15) is 15.0 Å². The second-order valence-corrected chi connectivity index (χ2v) is 6.40. The summed E-state index contributed by atoms with van der Waals surface area (Å²) in [6.07, 6.45) is 2.36. The number of aliphatic hydroxyl groups is 1. The second kappa shape index (κ2) is 7.64. The van der Waals surface area contributed by atoms with Crippen molar-refractivity contribution >= 4 is 16.7 Å². The topological polar surface area (TPSA) is 72.8 Å². The molecule has 2 aromatic carbocycles. The highest BCUT2D eigenvalue weighted by molar-refractivity contribution is 6.01. The number of carbonyl (C=O) groups excluding carboxylic acids is 1. The van der Waals surface area contributed by atoms with Crippen LogP contribution in [0, 0.1) is 0 Å². The minimum Gasteiger partial charge on any atom is -0.507 e. The Balaban J connectivity index is 1.51. The summed E-state index contributed by atoms with van der Waals surface area (Å²) in [5, 5.41) is 24.3. The lowest BCUT2D eigenvalue weighted by atomic mass is 10.1. The maximum absolute atomic E-state index is 12.3. The van der Waals surface area contributed by atoms with E-state index in [1.54, 1.807) is 12.1 Å². The molecule has 1 aliphatic rings. The molecule has 1 amide bonds. The van der Waals surface area contributed by atoms with Crippen LogP contribution in [-0.4, -0.2) is 53.3 Å². The van der Waals surface area contributed by atoms with E-state index in [0.29, 0.717) is 12.1 Å². The van der Waals surface area contributed by atoms with E-state index in [0.717, 1.165) is 49.7 Å². The monoisotopic (exact) mass is 328 g/mol. The Labute approximate surface area is 141 Å². The van der Waals surface area contributed by atoms with Crippen molar-refractivity contribution in [3.05, 3.63) is 42.0 Å². The van der Waals surface area contributed by atoms with Gasteiger partial charge in [0.05, 0.1) is 11.7 Å². The molecule has 2 aromatic rings. The Morgan fingerprint density at radius 1 is 1.17 bits per heavy atom. The number of benzene rings is 2. The van der Waals surface area contributed by atoms with E-state index in [4.69, 9.17) is 0 Å². The highest BCUT2D eigenvalue weighted by Crippen LogP contribution is 2.24. The molecule has 0 bridgehead atoms. The van der Waals surface area contributed by atoms with Crippen LogP contribution in [0.5, 0.6) is 5.75 Å². The summed E-state index contributed by atoms with van der Waals surface area (Å²) in [4.78, 5) is 14.6. The van der Waals surface area contributed by atoms with Crippen LogP contribution in [0.3, 0.4) is 0 Å². The number of aromatic hydroxyl groups is 1. The molecule has 1 fully saturated rings. The van der Waals surface area contributed by atoms with Gasteiger partial charge in [0.2, 0.25) is 0 Å². The van der Waals surface area contributed by atoms with Gasteiger partial charge < -0.3 is 20.4 Å². The third-order valence-electron chi connectivity index (χ3n) is 4.60. The van der Waals surface area contributed by atoms with Gasteiger partial charge in [-0.05, 0) is 48.7 Å². The second-order valence-electron chi connectivity index (χ2n) is 6.40. The fraction of sp³-hybridized carbons (Fsp3) is 0.421. The minimum atomic E-state index is -0.243. The van der Waals surface area contributed by atoms with Crippen molar-refractivity contribution in [2.24, 2.45) is 0 Å². The summed E-state index contributed by atoms with van der Waals surface area (Å²) >= 11 is 0. The van der Waals surface area contributed by atoms with E-state index < -0.39 is 0 Å². The van der Waals surface area contributed by atoms with Crippen LogP contribution in [0.1, 0.15) is 29.6 Å². The molecule has 1 aliphatic heterocycles. The van der Waals surface area contributed by atoms with Gasteiger partial charge in [-0.2, -0.15) is 0 Å². The van der Waals surface area contributed by atoms with E-state index in [1.165, 1.54) is 0 Å². The van der Waals surface area contributed by atoms with Crippen molar-refractivity contribution in [3.8, 4) is 5.75 Å². The molecule has 0 unspecified atom stereocenters. The fourth-order valence-electron chi connectivity index (χ4n) is 3.15. The van der Waals surface area contributed by atoms with E-state index >= 15 is 0 Å². The van der Waals surface area contributed by atoms with Gasteiger partial charge in [0.1, 0.15) is 5.75 Å². The van der Waals surface area contributed by atoms with Crippen LogP contribution in [0.4, 0.5) is 0 Å².